The van der Waals surface area contributed by atoms with E-state index in [-0.39, 0.29) is 22.9 Å². The van der Waals surface area contributed by atoms with Crippen LogP contribution < -0.4 is 10.0 Å². The minimum atomic E-state index is -3.73. The number of aryl methyl sites for hydroxylation is 1. The smallest absolute Gasteiger partial charge is 0.255 e. The van der Waals surface area contributed by atoms with Crippen molar-refractivity contribution in [2.24, 2.45) is 0 Å². The molecule has 0 saturated heterocycles. The Balaban J connectivity index is 1.73. The molecule has 0 spiro atoms. The van der Waals surface area contributed by atoms with E-state index in [1.807, 2.05) is 49.4 Å². The van der Waals surface area contributed by atoms with Crippen molar-refractivity contribution in [3.05, 3.63) is 95.6 Å². The zero-order chi connectivity index (χ0) is 19.3. The molecule has 0 unspecified atom stereocenters. The molecule has 0 saturated carbocycles. The molecule has 0 aromatic heterocycles. The van der Waals surface area contributed by atoms with Gasteiger partial charge < -0.3 is 5.32 Å². The zero-order valence-electron chi connectivity index (χ0n) is 14.8. The second-order valence-corrected chi connectivity index (χ2v) is 7.93. The van der Waals surface area contributed by atoms with Crippen LogP contribution in [0.15, 0.2) is 83.8 Å². The van der Waals surface area contributed by atoms with Gasteiger partial charge in [-0.3, -0.25) is 4.79 Å². The third kappa shape index (κ3) is 5.03. The van der Waals surface area contributed by atoms with Crippen LogP contribution in [0.1, 0.15) is 21.5 Å². The van der Waals surface area contributed by atoms with Gasteiger partial charge in [0.1, 0.15) is 0 Å². The van der Waals surface area contributed by atoms with Crippen molar-refractivity contribution in [2.75, 3.05) is 5.32 Å². The molecule has 0 aliphatic carbocycles. The van der Waals surface area contributed by atoms with Crippen molar-refractivity contribution in [1.29, 1.82) is 0 Å². The summed E-state index contributed by atoms with van der Waals surface area (Å²) in [6.45, 7) is 2.16. The van der Waals surface area contributed by atoms with E-state index in [0.29, 0.717) is 5.69 Å². The van der Waals surface area contributed by atoms with Crippen molar-refractivity contribution < 1.29 is 13.2 Å². The van der Waals surface area contributed by atoms with Gasteiger partial charge in [-0.1, -0.05) is 54.1 Å². The van der Waals surface area contributed by atoms with E-state index in [0.717, 1.165) is 11.1 Å². The highest BCUT2D eigenvalue weighted by atomic mass is 32.2. The summed E-state index contributed by atoms with van der Waals surface area (Å²) in [4.78, 5) is 12.4. The molecule has 5 nitrogen and oxygen atoms in total. The van der Waals surface area contributed by atoms with Crippen LogP contribution in [0.25, 0.3) is 0 Å². The maximum Gasteiger partial charge on any atom is 0.255 e. The van der Waals surface area contributed by atoms with E-state index < -0.39 is 10.0 Å². The summed E-state index contributed by atoms with van der Waals surface area (Å²) in [5.41, 5.74) is 2.89. The normalized spacial score (nSPS) is 11.1. The molecular formula is C21H20N2O3S. The van der Waals surface area contributed by atoms with Crippen molar-refractivity contribution in [3.63, 3.8) is 0 Å². The van der Waals surface area contributed by atoms with Gasteiger partial charge in [0.25, 0.3) is 5.91 Å². The molecule has 1 amide bonds. The number of carbonyl (C=O) groups excluding carboxylic acids is 1. The second kappa shape index (κ2) is 8.16. The monoisotopic (exact) mass is 380 g/mol. The molecule has 0 aliphatic heterocycles. The number of sulfonamides is 1. The van der Waals surface area contributed by atoms with E-state index >= 15 is 0 Å². The summed E-state index contributed by atoms with van der Waals surface area (Å²) >= 11 is 0. The van der Waals surface area contributed by atoms with Crippen LogP contribution in [0, 0.1) is 6.92 Å². The summed E-state index contributed by atoms with van der Waals surface area (Å²) in [6, 6.07) is 22.6. The summed E-state index contributed by atoms with van der Waals surface area (Å²) in [5, 5.41) is 2.75. The van der Waals surface area contributed by atoms with E-state index in [1.54, 1.807) is 24.3 Å². The van der Waals surface area contributed by atoms with Gasteiger partial charge >= 0.3 is 0 Å². The van der Waals surface area contributed by atoms with Crippen molar-refractivity contribution >= 4 is 21.6 Å². The third-order valence-electron chi connectivity index (χ3n) is 4.03. The molecule has 0 heterocycles. The number of hydrogen-bond donors (Lipinski definition) is 2. The first-order chi connectivity index (χ1) is 12.9. The molecule has 0 aliphatic rings. The van der Waals surface area contributed by atoms with Gasteiger partial charge in [-0.15, -0.1) is 0 Å². The van der Waals surface area contributed by atoms with Gasteiger partial charge in [0.05, 0.1) is 4.90 Å². The molecule has 6 heteroatoms. The minimum absolute atomic E-state index is 0.0512. The van der Waals surface area contributed by atoms with Crippen LogP contribution in [-0.4, -0.2) is 14.3 Å². The predicted molar refractivity (Wildman–Crippen MR) is 106 cm³/mol. The molecular weight excluding hydrogens is 360 g/mol. The highest BCUT2D eigenvalue weighted by molar-refractivity contribution is 7.89. The number of rotatable bonds is 6. The molecule has 0 fully saturated rings. The Morgan fingerprint density at radius 2 is 1.59 bits per heavy atom. The van der Waals surface area contributed by atoms with Gasteiger partial charge in [0.2, 0.25) is 10.0 Å². The van der Waals surface area contributed by atoms with Crippen LogP contribution in [0.5, 0.6) is 0 Å². The minimum Gasteiger partial charge on any atom is -0.322 e. The lowest BCUT2D eigenvalue weighted by molar-refractivity contribution is 0.102. The number of benzene rings is 3. The fourth-order valence-electron chi connectivity index (χ4n) is 2.50. The number of carbonyl (C=O) groups is 1. The van der Waals surface area contributed by atoms with E-state index in [4.69, 9.17) is 0 Å². The van der Waals surface area contributed by atoms with Crippen LogP contribution in [0.3, 0.4) is 0 Å². The first kappa shape index (κ1) is 18.8. The molecule has 3 rings (SSSR count). The van der Waals surface area contributed by atoms with Crippen molar-refractivity contribution in [1.82, 2.24) is 4.72 Å². The lowest BCUT2D eigenvalue weighted by atomic mass is 10.2. The fourth-order valence-corrected chi connectivity index (χ4v) is 3.56. The number of anilines is 1. The lowest BCUT2D eigenvalue weighted by Gasteiger charge is -2.09. The Bertz CT molecular complexity index is 1030. The van der Waals surface area contributed by atoms with Crippen LogP contribution in [-0.2, 0) is 16.6 Å². The fraction of sp³-hybridized carbons (Fsp3) is 0.0952. The Labute approximate surface area is 159 Å². The molecule has 2 N–H and O–H groups in total. The zero-order valence-corrected chi connectivity index (χ0v) is 15.7. The van der Waals surface area contributed by atoms with Crippen molar-refractivity contribution in [3.8, 4) is 0 Å². The standard InChI is InChI=1S/C21H20N2O3S/c1-16-10-12-17(13-11-16)15-22-27(25,26)20-9-5-6-18(14-20)21(24)23-19-7-3-2-4-8-19/h2-14,22H,15H2,1H3,(H,23,24). The number of hydrogen-bond acceptors (Lipinski definition) is 3. The highest BCUT2D eigenvalue weighted by Gasteiger charge is 2.16. The Morgan fingerprint density at radius 3 is 2.30 bits per heavy atom. The second-order valence-electron chi connectivity index (χ2n) is 6.16. The van der Waals surface area contributed by atoms with Gasteiger partial charge in [-0.25, -0.2) is 13.1 Å². The molecule has 3 aromatic rings. The Hall–Kier alpha value is -2.96. The summed E-state index contributed by atoms with van der Waals surface area (Å²) in [6.07, 6.45) is 0. The molecule has 0 radical (unpaired) electrons. The number of amides is 1. The predicted octanol–water partition coefficient (Wildman–Crippen LogP) is 3.73. The quantitative estimate of drug-likeness (QED) is 0.684. The number of nitrogens with one attached hydrogen (secondary N) is 2. The van der Waals surface area contributed by atoms with Crippen LogP contribution in [0.4, 0.5) is 5.69 Å². The average Bonchev–Trinajstić information content (AvgIpc) is 2.68. The molecule has 138 valence electrons. The SMILES string of the molecule is Cc1ccc(CNS(=O)(=O)c2cccc(C(=O)Nc3ccccc3)c2)cc1. The lowest BCUT2D eigenvalue weighted by Crippen LogP contribution is -2.23. The summed E-state index contributed by atoms with van der Waals surface area (Å²) in [5.74, 6) is -0.364. The van der Waals surface area contributed by atoms with Crippen molar-refractivity contribution in [2.45, 2.75) is 18.4 Å². The maximum atomic E-state index is 12.6. The Morgan fingerprint density at radius 1 is 0.889 bits per heavy atom. The maximum absolute atomic E-state index is 12.6. The molecule has 0 atom stereocenters. The van der Waals surface area contributed by atoms with Gasteiger partial charge in [0.15, 0.2) is 0 Å². The van der Waals surface area contributed by atoms with E-state index in [2.05, 4.69) is 10.0 Å². The molecule has 27 heavy (non-hydrogen) atoms. The topological polar surface area (TPSA) is 75.3 Å². The third-order valence-corrected chi connectivity index (χ3v) is 5.42. The van der Waals surface area contributed by atoms with Crippen LogP contribution >= 0.6 is 0 Å². The molecule has 3 aromatic carbocycles. The number of para-hydroxylation sites is 1. The first-order valence-corrected chi connectivity index (χ1v) is 9.94. The van der Waals surface area contributed by atoms with Crippen LogP contribution in [0.2, 0.25) is 0 Å². The largest absolute Gasteiger partial charge is 0.322 e. The van der Waals surface area contributed by atoms with Gasteiger partial charge in [0, 0.05) is 17.8 Å². The average molecular weight is 380 g/mol. The van der Waals surface area contributed by atoms with Gasteiger partial charge in [-0.2, -0.15) is 0 Å². The summed E-state index contributed by atoms with van der Waals surface area (Å²) in [7, 11) is -3.73. The Kier molecular flexibility index (Phi) is 5.69. The highest BCUT2D eigenvalue weighted by Crippen LogP contribution is 2.15. The first-order valence-electron chi connectivity index (χ1n) is 8.46. The molecule has 0 bridgehead atoms. The summed E-state index contributed by atoms with van der Waals surface area (Å²) < 4.78 is 27.7. The van der Waals surface area contributed by atoms with Gasteiger partial charge in [-0.05, 0) is 42.8 Å². The van der Waals surface area contributed by atoms with E-state index in [1.165, 1.54) is 12.1 Å². The van der Waals surface area contributed by atoms with E-state index in [9.17, 15) is 13.2 Å².